The minimum Gasteiger partial charge on any atom is -0.314 e. The fourth-order valence-electron chi connectivity index (χ4n) is 1.90. The number of hydrogen-bond acceptors (Lipinski definition) is 1. The quantitative estimate of drug-likeness (QED) is 0.750. The van der Waals surface area contributed by atoms with Gasteiger partial charge in [0.1, 0.15) is 11.6 Å². The van der Waals surface area contributed by atoms with Crippen LogP contribution in [0.5, 0.6) is 0 Å². The highest BCUT2D eigenvalue weighted by Crippen LogP contribution is 2.16. The Morgan fingerprint density at radius 2 is 1.94 bits per heavy atom. The summed E-state index contributed by atoms with van der Waals surface area (Å²) >= 11 is 0. The molecule has 0 bridgehead atoms. The van der Waals surface area contributed by atoms with E-state index < -0.39 is 11.6 Å². The van der Waals surface area contributed by atoms with E-state index in [1.165, 1.54) is 18.2 Å². The van der Waals surface area contributed by atoms with Crippen molar-refractivity contribution in [3.05, 3.63) is 47.5 Å². The summed E-state index contributed by atoms with van der Waals surface area (Å²) in [5, 5.41) is 3.22. The number of halogens is 2. The van der Waals surface area contributed by atoms with Gasteiger partial charge in [0.2, 0.25) is 0 Å². The normalized spacial score (nSPS) is 12.5. The highest BCUT2D eigenvalue weighted by molar-refractivity contribution is 5.21. The maximum absolute atomic E-state index is 13.5. The zero-order valence-corrected chi connectivity index (χ0v) is 10.4. The van der Waals surface area contributed by atoms with Gasteiger partial charge in [0.05, 0.1) is 0 Å². The molecule has 0 aliphatic heterocycles. The second-order valence-corrected chi connectivity index (χ2v) is 4.32. The van der Waals surface area contributed by atoms with Gasteiger partial charge >= 0.3 is 0 Å². The molecule has 0 saturated carbocycles. The third kappa shape index (κ3) is 4.27. The number of nitrogens with one attached hydrogen (secondary N) is 1. The Bertz CT molecular complexity index is 368. The molecule has 0 spiro atoms. The second-order valence-electron chi connectivity index (χ2n) is 4.32. The van der Waals surface area contributed by atoms with E-state index in [1.807, 2.05) is 13.8 Å². The molecule has 0 saturated heterocycles. The Hall–Kier alpha value is -1.22. The summed E-state index contributed by atoms with van der Waals surface area (Å²) in [6, 6.07) is 4.00. The molecule has 1 aromatic rings. The molecule has 0 radical (unpaired) electrons. The first-order chi connectivity index (χ1) is 8.04. The van der Waals surface area contributed by atoms with Crippen molar-refractivity contribution < 1.29 is 8.78 Å². The zero-order chi connectivity index (χ0) is 12.8. The van der Waals surface area contributed by atoms with Gasteiger partial charge in [-0.1, -0.05) is 18.6 Å². The van der Waals surface area contributed by atoms with Gasteiger partial charge < -0.3 is 5.32 Å². The largest absolute Gasteiger partial charge is 0.314 e. The summed E-state index contributed by atoms with van der Waals surface area (Å²) in [4.78, 5) is 0. The summed E-state index contributed by atoms with van der Waals surface area (Å²) in [5.41, 5.74) is 1.16. The first-order valence-corrected chi connectivity index (χ1v) is 5.85. The number of hydrogen-bond donors (Lipinski definition) is 1. The maximum Gasteiger partial charge on any atom is 0.129 e. The molecule has 3 heteroatoms. The van der Waals surface area contributed by atoms with Crippen molar-refractivity contribution in [3.8, 4) is 0 Å². The first-order valence-electron chi connectivity index (χ1n) is 5.85. The highest BCUT2D eigenvalue weighted by Gasteiger charge is 2.15. The number of likely N-dealkylation sites (N-methyl/N-ethyl adjacent to an activating group) is 1. The lowest BCUT2D eigenvalue weighted by Crippen LogP contribution is -2.31. The van der Waals surface area contributed by atoms with Gasteiger partial charge in [0.15, 0.2) is 0 Å². The van der Waals surface area contributed by atoms with Crippen LogP contribution in [0.2, 0.25) is 0 Å². The topological polar surface area (TPSA) is 12.0 Å². The predicted molar refractivity (Wildman–Crippen MR) is 67.0 cm³/mol. The molecule has 94 valence electrons. The summed E-state index contributed by atoms with van der Waals surface area (Å²) in [5.74, 6) is -0.954. The van der Waals surface area contributed by atoms with Crippen LogP contribution >= 0.6 is 0 Å². The van der Waals surface area contributed by atoms with Crippen molar-refractivity contribution in [2.24, 2.45) is 0 Å². The molecular formula is C14H19F2N. The van der Waals surface area contributed by atoms with Gasteiger partial charge in [-0.3, -0.25) is 0 Å². The highest BCUT2D eigenvalue weighted by atomic mass is 19.1. The summed E-state index contributed by atoms with van der Waals surface area (Å²) in [6.45, 7) is 8.50. The first kappa shape index (κ1) is 13.8. The molecule has 1 rings (SSSR count). The van der Waals surface area contributed by atoms with Crippen LogP contribution in [0.1, 0.15) is 25.8 Å². The zero-order valence-electron chi connectivity index (χ0n) is 10.4. The van der Waals surface area contributed by atoms with Gasteiger partial charge in [-0.25, -0.2) is 8.78 Å². The van der Waals surface area contributed by atoms with Gasteiger partial charge in [-0.2, -0.15) is 0 Å². The van der Waals surface area contributed by atoms with Gasteiger partial charge in [-0.15, -0.1) is 6.58 Å². The average Bonchev–Trinajstić information content (AvgIpc) is 2.23. The van der Waals surface area contributed by atoms with Crippen molar-refractivity contribution >= 4 is 0 Å². The van der Waals surface area contributed by atoms with Crippen LogP contribution in [0, 0.1) is 11.6 Å². The van der Waals surface area contributed by atoms with E-state index in [2.05, 4.69) is 11.9 Å². The minimum absolute atomic E-state index is 0.0314. The summed E-state index contributed by atoms with van der Waals surface area (Å²) in [6.07, 6.45) is 1.07. The van der Waals surface area contributed by atoms with E-state index in [0.29, 0.717) is 6.42 Å². The Balaban J connectivity index is 2.81. The van der Waals surface area contributed by atoms with Crippen LogP contribution < -0.4 is 5.32 Å². The van der Waals surface area contributed by atoms with Crippen LogP contribution in [0.3, 0.4) is 0 Å². The maximum atomic E-state index is 13.5. The van der Waals surface area contributed by atoms with Crippen molar-refractivity contribution in [2.45, 2.75) is 32.7 Å². The molecule has 1 atom stereocenters. The second kappa shape index (κ2) is 6.50. The molecule has 0 aromatic heterocycles. The molecule has 1 unspecified atom stereocenters. The minimum atomic E-state index is -0.477. The third-order valence-electron chi connectivity index (χ3n) is 2.60. The molecule has 17 heavy (non-hydrogen) atoms. The monoisotopic (exact) mass is 239 g/mol. The van der Waals surface area contributed by atoms with E-state index in [9.17, 15) is 8.78 Å². The van der Waals surface area contributed by atoms with Gasteiger partial charge in [0, 0.05) is 11.6 Å². The van der Waals surface area contributed by atoms with Gasteiger partial charge in [-0.05, 0) is 38.4 Å². The summed E-state index contributed by atoms with van der Waals surface area (Å²) in [7, 11) is 0. The molecule has 1 N–H and O–H groups in total. The molecule has 0 aliphatic carbocycles. The fraction of sp³-hybridized carbons (Fsp3) is 0.429. The van der Waals surface area contributed by atoms with Crippen molar-refractivity contribution in [2.75, 3.05) is 6.54 Å². The lowest BCUT2D eigenvalue weighted by atomic mass is 9.99. The molecule has 0 fully saturated rings. The standard InChI is InChI=1S/C14H19F2N/c1-4-17-11(8-10(2)3)9-12-13(15)6-5-7-14(12)16/h5-7,11,17H,2,4,8-9H2,1,3H3. The van der Waals surface area contributed by atoms with Crippen molar-refractivity contribution in [3.63, 3.8) is 0 Å². The lowest BCUT2D eigenvalue weighted by Gasteiger charge is -2.18. The third-order valence-corrected chi connectivity index (χ3v) is 2.60. The van der Waals surface area contributed by atoms with Crippen LogP contribution in [0.4, 0.5) is 8.78 Å². The van der Waals surface area contributed by atoms with Crippen LogP contribution in [-0.4, -0.2) is 12.6 Å². The Labute approximate surface area is 102 Å². The Morgan fingerprint density at radius 3 is 2.41 bits per heavy atom. The lowest BCUT2D eigenvalue weighted by molar-refractivity contribution is 0.483. The van der Waals surface area contributed by atoms with E-state index >= 15 is 0 Å². The fourth-order valence-corrected chi connectivity index (χ4v) is 1.90. The molecule has 0 heterocycles. The summed E-state index contributed by atoms with van der Waals surface area (Å²) < 4.78 is 27.0. The van der Waals surface area contributed by atoms with Crippen molar-refractivity contribution in [1.29, 1.82) is 0 Å². The van der Waals surface area contributed by atoms with Gasteiger partial charge in [0.25, 0.3) is 0 Å². The smallest absolute Gasteiger partial charge is 0.129 e. The molecule has 0 aliphatic rings. The molecule has 0 amide bonds. The van der Waals surface area contributed by atoms with E-state index in [1.54, 1.807) is 0 Å². The molecule has 1 nitrogen and oxygen atoms in total. The Kier molecular flexibility index (Phi) is 5.29. The van der Waals surface area contributed by atoms with E-state index in [-0.39, 0.29) is 11.6 Å². The molecule has 1 aromatic carbocycles. The van der Waals surface area contributed by atoms with Crippen molar-refractivity contribution in [1.82, 2.24) is 5.32 Å². The van der Waals surface area contributed by atoms with Crippen LogP contribution in [-0.2, 0) is 6.42 Å². The molecular weight excluding hydrogens is 220 g/mol. The average molecular weight is 239 g/mol. The van der Waals surface area contributed by atoms with Crippen LogP contribution in [0.15, 0.2) is 30.4 Å². The SMILES string of the molecule is C=C(C)CC(Cc1c(F)cccc1F)NCC. The number of rotatable bonds is 6. The Morgan fingerprint density at radius 1 is 1.35 bits per heavy atom. The van der Waals surface area contributed by atoms with Crippen LogP contribution in [0.25, 0.3) is 0 Å². The predicted octanol–water partition coefficient (Wildman–Crippen LogP) is 3.45. The van der Waals surface area contributed by atoms with E-state index in [4.69, 9.17) is 0 Å². The number of benzene rings is 1. The van der Waals surface area contributed by atoms with E-state index in [0.717, 1.165) is 18.5 Å².